The lowest BCUT2D eigenvalue weighted by Gasteiger charge is -2.26. The quantitative estimate of drug-likeness (QED) is 0.696. The molecule has 0 fully saturated rings. The van der Waals surface area contributed by atoms with E-state index in [1.165, 1.54) is 0 Å². The van der Waals surface area contributed by atoms with Crippen molar-refractivity contribution in [2.75, 3.05) is 6.54 Å². The normalized spacial score (nSPS) is 16.5. The van der Waals surface area contributed by atoms with Crippen molar-refractivity contribution < 1.29 is 4.79 Å². The molecular weight excluding hydrogens is 204 g/mol. The van der Waals surface area contributed by atoms with E-state index in [0.29, 0.717) is 6.54 Å². The van der Waals surface area contributed by atoms with Gasteiger partial charge in [0.15, 0.2) is 0 Å². The van der Waals surface area contributed by atoms with E-state index in [1.807, 2.05) is 20.8 Å². The second-order valence-electron chi connectivity index (χ2n) is 4.35. The average Bonchev–Trinajstić information content (AvgIpc) is 2.81. The Kier molecular flexibility index (Phi) is 4.06. The fraction of sp³-hybridized carbons (Fsp3) is 0.636. The second kappa shape index (κ2) is 5.12. The molecule has 1 amide bonds. The molecule has 0 radical (unpaired) electrons. The summed E-state index contributed by atoms with van der Waals surface area (Å²) in [4.78, 5) is 12.0. The lowest BCUT2D eigenvalue weighted by molar-refractivity contribution is -0.130. The van der Waals surface area contributed by atoms with Gasteiger partial charge in [-0.2, -0.15) is 5.10 Å². The third kappa shape index (κ3) is 2.61. The highest BCUT2D eigenvalue weighted by atomic mass is 16.2. The van der Waals surface area contributed by atoms with E-state index in [-0.39, 0.29) is 11.9 Å². The van der Waals surface area contributed by atoms with E-state index < -0.39 is 5.41 Å². The van der Waals surface area contributed by atoms with Crippen molar-refractivity contribution in [2.24, 2.45) is 11.1 Å². The lowest BCUT2D eigenvalue weighted by Crippen LogP contribution is -2.44. The Bertz CT molecular complexity index is 330. The third-order valence-corrected chi connectivity index (χ3v) is 3.15. The number of carbonyl (C=O) groups is 1. The molecule has 2 unspecified atom stereocenters. The van der Waals surface area contributed by atoms with Crippen molar-refractivity contribution in [3.63, 3.8) is 0 Å². The van der Waals surface area contributed by atoms with Crippen molar-refractivity contribution in [3.8, 4) is 0 Å². The number of aromatic nitrogens is 2. The number of carbonyl (C=O) groups excluding carboxylic acids is 1. The Morgan fingerprint density at radius 2 is 2.44 bits per heavy atom. The van der Waals surface area contributed by atoms with E-state index in [1.54, 1.807) is 12.4 Å². The molecule has 0 aliphatic rings. The number of nitrogens with zero attached hydrogens (tertiary/aromatic N) is 1. The van der Waals surface area contributed by atoms with Gasteiger partial charge in [-0.25, -0.2) is 0 Å². The van der Waals surface area contributed by atoms with E-state index in [9.17, 15) is 4.79 Å². The minimum absolute atomic E-state index is 0.00815. The van der Waals surface area contributed by atoms with Crippen LogP contribution < -0.4 is 11.1 Å². The maximum Gasteiger partial charge on any atom is 0.227 e. The molecule has 4 N–H and O–H groups in total. The molecule has 0 spiro atoms. The molecule has 2 atom stereocenters. The number of amides is 1. The first-order valence-electron chi connectivity index (χ1n) is 5.53. The summed E-state index contributed by atoms with van der Waals surface area (Å²) in [5.74, 6) is -0.00815. The third-order valence-electron chi connectivity index (χ3n) is 3.15. The fourth-order valence-electron chi connectivity index (χ4n) is 1.35. The van der Waals surface area contributed by atoms with Gasteiger partial charge >= 0.3 is 0 Å². The maximum atomic E-state index is 12.0. The van der Waals surface area contributed by atoms with Crippen LogP contribution in [-0.2, 0) is 4.79 Å². The van der Waals surface area contributed by atoms with Gasteiger partial charge in [-0.15, -0.1) is 0 Å². The van der Waals surface area contributed by atoms with E-state index in [0.717, 1.165) is 12.0 Å². The van der Waals surface area contributed by atoms with Crippen LogP contribution in [0.4, 0.5) is 0 Å². The summed E-state index contributed by atoms with van der Waals surface area (Å²) in [6.45, 7) is 6.13. The largest absolute Gasteiger partial charge is 0.349 e. The Morgan fingerprint density at radius 1 is 1.75 bits per heavy atom. The zero-order chi connectivity index (χ0) is 12.2. The highest BCUT2D eigenvalue weighted by molar-refractivity contribution is 5.82. The van der Waals surface area contributed by atoms with Crippen LogP contribution in [0.5, 0.6) is 0 Å². The molecule has 90 valence electrons. The molecule has 16 heavy (non-hydrogen) atoms. The maximum absolute atomic E-state index is 12.0. The van der Waals surface area contributed by atoms with Crippen LogP contribution in [-0.4, -0.2) is 22.6 Å². The number of nitrogens with two attached hydrogens (primary N) is 1. The van der Waals surface area contributed by atoms with Crippen molar-refractivity contribution >= 4 is 5.91 Å². The van der Waals surface area contributed by atoms with Crippen LogP contribution >= 0.6 is 0 Å². The molecule has 5 heteroatoms. The van der Waals surface area contributed by atoms with Gasteiger partial charge in [0, 0.05) is 18.3 Å². The average molecular weight is 224 g/mol. The molecular formula is C11H20N4O. The highest BCUT2D eigenvalue weighted by Gasteiger charge is 2.30. The van der Waals surface area contributed by atoms with Gasteiger partial charge in [0.1, 0.15) is 0 Å². The van der Waals surface area contributed by atoms with Gasteiger partial charge in [-0.1, -0.05) is 6.92 Å². The highest BCUT2D eigenvalue weighted by Crippen LogP contribution is 2.21. The summed E-state index contributed by atoms with van der Waals surface area (Å²) >= 11 is 0. The molecule has 5 nitrogen and oxygen atoms in total. The molecule has 1 heterocycles. The van der Waals surface area contributed by atoms with Crippen LogP contribution in [0.1, 0.15) is 38.8 Å². The Labute approximate surface area is 95.8 Å². The van der Waals surface area contributed by atoms with Gasteiger partial charge in [-0.05, 0) is 20.3 Å². The SMILES string of the molecule is CCC(C)(CN)C(=O)NC(C)c1cn[nH]c1. The van der Waals surface area contributed by atoms with Crippen molar-refractivity contribution in [2.45, 2.75) is 33.2 Å². The molecule has 0 bridgehead atoms. The predicted molar refractivity (Wildman–Crippen MR) is 62.6 cm³/mol. The molecule has 0 saturated carbocycles. The van der Waals surface area contributed by atoms with Gasteiger partial charge < -0.3 is 11.1 Å². The number of rotatable bonds is 5. The van der Waals surface area contributed by atoms with Crippen molar-refractivity contribution in [3.05, 3.63) is 18.0 Å². The molecule has 0 aliphatic carbocycles. The summed E-state index contributed by atoms with van der Waals surface area (Å²) in [5, 5.41) is 9.52. The monoisotopic (exact) mass is 224 g/mol. The second-order valence-corrected chi connectivity index (χ2v) is 4.35. The first kappa shape index (κ1) is 12.7. The zero-order valence-corrected chi connectivity index (χ0v) is 10.1. The fourth-order valence-corrected chi connectivity index (χ4v) is 1.35. The minimum Gasteiger partial charge on any atom is -0.349 e. The Morgan fingerprint density at radius 3 is 2.88 bits per heavy atom. The Balaban J connectivity index is 2.64. The number of hydrogen-bond donors (Lipinski definition) is 3. The van der Waals surface area contributed by atoms with Crippen LogP contribution in [0, 0.1) is 5.41 Å². The number of nitrogens with one attached hydrogen (secondary N) is 2. The molecule has 0 aliphatic heterocycles. The Hall–Kier alpha value is -1.36. The van der Waals surface area contributed by atoms with Crippen molar-refractivity contribution in [1.82, 2.24) is 15.5 Å². The topological polar surface area (TPSA) is 83.8 Å². The van der Waals surface area contributed by atoms with Gasteiger partial charge in [-0.3, -0.25) is 9.89 Å². The van der Waals surface area contributed by atoms with Gasteiger partial charge in [0.25, 0.3) is 0 Å². The molecule has 0 aromatic carbocycles. The number of H-pyrrole nitrogens is 1. The number of aromatic amines is 1. The summed E-state index contributed by atoms with van der Waals surface area (Å²) in [5.41, 5.74) is 6.11. The van der Waals surface area contributed by atoms with Crippen LogP contribution in [0.3, 0.4) is 0 Å². The minimum atomic E-state index is -0.488. The standard InChI is InChI=1S/C11H20N4O/c1-4-11(3,7-12)10(16)15-8(2)9-5-13-14-6-9/h5-6,8H,4,7,12H2,1-3H3,(H,13,14)(H,15,16). The summed E-state index contributed by atoms with van der Waals surface area (Å²) in [6.07, 6.45) is 4.21. The van der Waals surface area contributed by atoms with Gasteiger partial charge in [0.2, 0.25) is 5.91 Å². The lowest BCUT2D eigenvalue weighted by atomic mass is 9.86. The summed E-state index contributed by atoms with van der Waals surface area (Å²) < 4.78 is 0. The first-order valence-corrected chi connectivity index (χ1v) is 5.53. The summed E-state index contributed by atoms with van der Waals surface area (Å²) in [7, 11) is 0. The first-order chi connectivity index (χ1) is 7.53. The summed E-state index contributed by atoms with van der Waals surface area (Å²) in [6, 6.07) is -0.0522. The van der Waals surface area contributed by atoms with E-state index >= 15 is 0 Å². The van der Waals surface area contributed by atoms with Crippen LogP contribution in [0.25, 0.3) is 0 Å². The number of hydrogen-bond acceptors (Lipinski definition) is 3. The van der Waals surface area contributed by atoms with E-state index in [4.69, 9.17) is 5.73 Å². The molecule has 1 aromatic heterocycles. The van der Waals surface area contributed by atoms with Crippen LogP contribution in [0.2, 0.25) is 0 Å². The molecule has 1 rings (SSSR count). The predicted octanol–water partition coefficient (Wildman–Crippen LogP) is 0.962. The van der Waals surface area contributed by atoms with Crippen molar-refractivity contribution in [1.29, 1.82) is 0 Å². The smallest absolute Gasteiger partial charge is 0.227 e. The molecule has 1 aromatic rings. The zero-order valence-electron chi connectivity index (χ0n) is 10.1. The molecule has 0 saturated heterocycles. The van der Waals surface area contributed by atoms with Gasteiger partial charge in [0.05, 0.1) is 17.7 Å². The van der Waals surface area contributed by atoms with E-state index in [2.05, 4.69) is 15.5 Å². The van der Waals surface area contributed by atoms with Crippen LogP contribution in [0.15, 0.2) is 12.4 Å².